The van der Waals surface area contributed by atoms with Crippen molar-refractivity contribution in [3.63, 3.8) is 0 Å². The van der Waals surface area contributed by atoms with Gasteiger partial charge in [-0.3, -0.25) is 9.59 Å². The highest BCUT2D eigenvalue weighted by Crippen LogP contribution is 2.11. The molecule has 0 spiro atoms. The van der Waals surface area contributed by atoms with Gasteiger partial charge in [0, 0.05) is 32.2 Å². The van der Waals surface area contributed by atoms with Gasteiger partial charge in [0.2, 0.25) is 0 Å². The fraction of sp³-hybridized carbons (Fsp3) is 0.615. The van der Waals surface area contributed by atoms with Crippen LogP contribution in [0.15, 0.2) is 10.6 Å². The molecule has 0 aromatic carbocycles. The molecule has 1 N–H and O–H groups in total. The van der Waals surface area contributed by atoms with Gasteiger partial charge in [-0.05, 0) is 20.3 Å². The van der Waals surface area contributed by atoms with Crippen molar-refractivity contribution in [1.82, 2.24) is 10.1 Å². The number of hydrogen-bond acceptors (Lipinski definition) is 5. The predicted octanol–water partition coefficient (Wildman–Crippen LogP) is 1.54. The van der Waals surface area contributed by atoms with E-state index in [1.165, 1.54) is 7.11 Å². The van der Waals surface area contributed by atoms with Crippen LogP contribution in [0.2, 0.25) is 0 Å². The lowest BCUT2D eigenvalue weighted by molar-refractivity contribution is -0.137. The largest absolute Gasteiger partial charge is 0.481 e. The van der Waals surface area contributed by atoms with E-state index in [0.717, 1.165) is 0 Å². The molecule has 7 heteroatoms. The van der Waals surface area contributed by atoms with Crippen LogP contribution in [0.5, 0.6) is 0 Å². The quantitative estimate of drug-likeness (QED) is 0.778. The Morgan fingerprint density at radius 3 is 2.75 bits per heavy atom. The molecule has 0 atom stereocenters. The van der Waals surface area contributed by atoms with E-state index in [4.69, 9.17) is 14.4 Å². The summed E-state index contributed by atoms with van der Waals surface area (Å²) in [5.41, 5.74) is 0.209. The molecule has 1 aromatic heterocycles. The lowest BCUT2D eigenvalue weighted by Crippen LogP contribution is -2.38. The normalized spacial score (nSPS) is 10.8. The van der Waals surface area contributed by atoms with Gasteiger partial charge in [0.15, 0.2) is 11.5 Å². The molecule has 20 heavy (non-hydrogen) atoms. The molecular formula is C13H20N2O5. The van der Waals surface area contributed by atoms with Crippen molar-refractivity contribution >= 4 is 11.9 Å². The Morgan fingerprint density at radius 1 is 1.50 bits per heavy atom. The second kappa shape index (κ2) is 7.64. The highest BCUT2D eigenvalue weighted by Gasteiger charge is 2.22. The SMILES string of the molecule is COCc1cc(C(=O)N(CCCC(=O)O)C(C)C)no1. The van der Waals surface area contributed by atoms with Gasteiger partial charge in [-0.1, -0.05) is 5.16 Å². The van der Waals surface area contributed by atoms with Crippen molar-refractivity contribution in [2.75, 3.05) is 13.7 Å². The number of hydrogen-bond donors (Lipinski definition) is 1. The van der Waals surface area contributed by atoms with Crippen LogP contribution in [0.3, 0.4) is 0 Å². The van der Waals surface area contributed by atoms with E-state index in [-0.39, 0.29) is 30.7 Å². The van der Waals surface area contributed by atoms with Crippen molar-refractivity contribution in [3.05, 3.63) is 17.5 Å². The van der Waals surface area contributed by atoms with E-state index >= 15 is 0 Å². The highest BCUT2D eigenvalue weighted by atomic mass is 16.5. The van der Waals surface area contributed by atoms with Crippen molar-refractivity contribution in [2.24, 2.45) is 0 Å². The zero-order valence-electron chi connectivity index (χ0n) is 12.0. The summed E-state index contributed by atoms with van der Waals surface area (Å²) in [5, 5.41) is 12.4. The minimum absolute atomic E-state index is 0.0320. The first-order chi connectivity index (χ1) is 9.45. The Bertz CT molecular complexity index is 455. The van der Waals surface area contributed by atoms with Crippen molar-refractivity contribution in [3.8, 4) is 0 Å². The third-order valence-electron chi connectivity index (χ3n) is 2.74. The fourth-order valence-electron chi connectivity index (χ4n) is 1.77. The molecule has 1 aromatic rings. The molecule has 1 heterocycles. The zero-order chi connectivity index (χ0) is 15.1. The monoisotopic (exact) mass is 284 g/mol. The number of amides is 1. The molecule has 0 bridgehead atoms. The van der Waals surface area contributed by atoms with Crippen molar-refractivity contribution < 1.29 is 24.0 Å². The topological polar surface area (TPSA) is 92.9 Å². The van der Waals surface area contributed by atoms with Crippen LogP contribution in [0.25, 0.3) is 0 Å². The van der Waals surface area contributed by atoms with Crippen LogP contribution in [0, 0.1) is 0 Å². The number of carboxylic acid groups (broad SMARTS) is 1. The maximum Gasteiger partial charge on any atom is 0.303 e. The van der Waals surface area contributed by atoms with Gasteiger partial charge >= 0.3 is 5.97 Å². The first-order valence-electron chi connectivity index (χ1n) is 6.43. The van der Waals surface area contributed by atoms with Crippen LogP contribution in [0.1, 0.15) is 42.9 Å². The Balaban J connectivity index is 2.69. The molecule has 7 nitrogen and oxygen atoms in total. The van der Waals surface area contributed by atoms with E-state index in [1.807, 2.05) is 13.8 Å². The number of nitrogens with zero attached hydrogens (tertiary/aromatic N) is 2. The third kappa shape index (κ3) is 4.65. The Hall–Kier alpha value is -1.89. The van der Waals surface area contributed by atoms with Crippen LogP contribution < -0.4 is 0 Å². The van der Waals surface area contributed by atoms with Gasteiger partial charge in [-0.2, -0.15) is 0 Å². The predicted molar refractivity (Wildman–Crippen MR) is 70.3 cm³/mol. The lowest BCUT2D eigenvalue weighted by atomic mass is 10.2. The van der Waals surface area contributed by atoms with E-state index in [9.17, 15) is 9.59 Å². The summed E-state index contributed by atoms with van der Waals surface area (Å²) in [6.45, 7) is 4.36. The maximum absolute atomic E-state index is 12.3. The molecule has 0 fully saturated rings. The number of carbonyl (C=O) groups excluding carboxylic acids is 1. The number of methoxy groups -OCH3 is 1. The van der Waals surface area contributed by atoms with Crippen molar-refractivity contribution in [1.29, 1.82) is 0 Å². The summed E-state index contributed by atoms with van der Waals surface area (Å²) in [4.78, 5) is 24.4. The fourth-order valence-corrected chi connectivity index (χ4v) is 1.77. The summed E-state index contributed by atoms with van der Waals surface area (Å²) in [6, 6.07) is 1.50. The maximum atomic E-state index is 12.3. The van der Waals surface area contributed by atoms with Crippen LogP contribution in [-0.4, -0.2) is 46.7 Å². The molecule has 0 saturated heterocycles. The summed E-state index contributed by atoms with van der Waals surface area (Å²) in [5.74, 6) is -0.661. The summed E-state index contributed by atoms with van der Waals surface area (Å²) in [6.07, 6.45) is 0.437. The number of ether oxygens (including phenoxy) is 1. The second-order valence-electron chi connectivity index (χ2n) is 4.70. The van der Waals surface area contributed by atoms with E-state index < -0.39 is 5.97 Å². The molecule has 0 aliphatic carbocycles. The second-order valence-corrected chi connectivity index (χ2v) is 4.70. The van der Waals surface area contributed by atoms with Gasteiger partial charge in [-0.15, -0.1) is 0 Å². The van der Waals surface area contributed by atoms with Crippen molar-refractivity contribution in [2.45, 2.75) is 39.3 Å². The summed E-state index contributed by atoms with van der Waals surface area (Å²) >= 11 is 0. The first-order valence-corrected chi connectivity index (χ1v) is 6.43. The number of aromatic nitrogens is 1. The molecule has 0 unspecified atom stereocenters. The smallest absolute Gasteiger partial charge is 0.303 e. The van der Waals surface area contributed by atoms with Crippen LogP contribution in [-0.2, 0) is 16.1 Å². The standard InChI is InChI=1S/C13H20N2O5/c1-9(2)15(6-4-5-12(16)17)13(18)11-7-10(8-19-3)20-14-11/h7,9H,4-6,8H2,1-3H3,(H,16,17). The summed E-state index contributed by atoms with van der Waals surface area (Å²) in [7, 11) is 1.52. The third-order valence-corrected chi connectivity index (χ3v) is 2.74. The van der Waals surface area contributed by atoms with Crippen LogP contribution in [0.4, 0.5) is 0 Å². The first kappa shape index (κ1) is 16.2. The van der Waals surface area contributed by atoms with Gasteiger partial charge in [0.05, 0.1) is 0 Å². The number of carboxylic acids is 1. The average molecular weight is 284 g/mol. The lowest BCUT2D eigenvalue weighted by Gasteiger charge is -2.25. The van der Waals surface area contributed by atoms with Gasteiger partial charge < -0.3 is 19.3 Å². The minimum atomic E-state index is -0.870. The Labute approximate surface area is 117 Å². The Morgan fingerprint density at radius 2 is 2.20 bits per heavy atom. The number of aliphatic carboxylic acids is 1. The molecule has 112 valence electrons. The average Bonchev–Trinajstić information content (AvgIpc) is 2.82. The molecule has 0 saturated carbocycles. The molecular weight excluding hydrogens is 264 g/mol. The van der Waals surface area contributed by atoms with Gasteiger partial charge in [-0.25, -0.2) is 0 Å². The molecule has 1 amide bonds. The zero-order valence-corrected chi connectivity index (χ0v) is 12.0. The van der Waals surface area contributed by atoms with E-state index in [1.54, 1.807) is 11.0 Å². The van der Waals surface area contributed by atoms with E-state index in [0.29, 0.717) is 18.7 Å². The molecule has 1 rings (SSSR count). The van der Waals surface area contributed by atoms with Crippen LogP contribution >= 0.6 is 0 Å². The number of rotatable bonds is 8. The minimum Gasteiger partial charge on any atom is -0.481 e. The van der Waals surface area contributed by atoms with E-state index in [2.05, 4.69) is 5.16 Å². The molecule has 0 aliphatic heterocycles. The number of carbonyl (C=O) groups is 2. The highest BCUT2D eigenvalue weighted by molar-refractivity contribution is 5.92. The van der Waals surface area contributed by atoms with Gasteiger partial charge in [0.1, 0.15) is 6.61 Å². The molecule has 0 aliphatic rings. The Kier molecular flexibility index (Phi) is 6.17. The summed E-state index contributed by atoms with van der Waals surface area (Å²) < 4.78 is 9.88. The molecule has 0 radical (unpaired) electrons. The van der Waals surface area contributed by atoms with Gasteiger partial charge in [0.25, 0.3) is 5.91 Å².